The molecule has 21 heteroatoms. The van der Waals surface area contributed by atoms with Crippen molar-refractivity contribution in [2.24, 2.45) is 0 Å². The number of aromatic nitrogens is 4. The lowest BCUT2D eigenvalue weighted by atomic mass is 9.99. The standard InChI is InChI=1S/C37H50N6O15/c1-16(34(50)41-23-21(12-44)56-35(25(23)46)43-15-40-24-32(42(3)4)38-14-39-33(24)43)10-18-8-9-20(19(45)11-18)57-37-27(48)26(47)30(58-37)22(51-5)13-54-36-28(49)31(53-7)29(52-6)17(2)55-36/h8-11,14-15,17,21,23,25-29,31,35-37,44-49H,12-13H2,1-7H3,(H,41,50). The normalized spacial score (nSPS) is 32.2. The van der Waals surface area contributed by atoms with E-state index in [0.717, 1.165) is 0 Å². The van der Waals surface area contributed by atoms with Crippen LogP contribution in [0.2, 0.25) is 0 Å². The van der Waals surface area contributed by atoms with E-state index in [2.05, 4.69) is 20.3 Å². The second-order valence-corrected chi connectivity index (χ2v) is 14.2. The predicted octanol–water partition coefficient (Wildman–Crippen LogP) is -1.10. The van der Waals surface area contributed by atoms with Gasteiger partial charge in [-0.3, -0.25) is 9.36 Å². The fourth-order valence-electron chi connectivity index (χ4n) is 7.09. The number of amides is 1. The number of hydrogen-bond acceptors (Lipinski definition) is 19. The average molecular weight is 819 g/mol. The largest absolute Gasteiger partial charge is 0.504 e. The number of aliphatic hydroxyl groups is 5. The quantitative estimate of drug-likeness (QED) is 0.0752. The smallest absolute Gasteiger partial charge is 0.269 e. The highest BCUT2D eigenvalue weighted by Gasteiger charge is 2.48. The Balaban J connectivity index is 1.09. The fraction of sp³-hybridized carbons (Fsp3) is 0.568. The van der Waals surface area contributed by atoms with E-state index < -0.39 is 86.2 Å². The minimum absolute atomic E-state index is 0.0247. The molecule has 0 radical (unpaired) electrons. The third-order valence-electron chi connectivity index (χ3n) is 10.2. The number of anilines is 1. The Morgan fingerprint density at radius 2 is 1.74 bits per heavy atom. The van der Waals surface area contributed by atoms with E-state index in [9.17, 15) is 35.4 Å². The van der Waals surface area contributed by atoms with Crippen LogP contribution in [0.3, 0.4) is 0 Å². The van der Waals surface area contributed by atoms with Crippen molar-refractivity contribution in [3.8, 4) is 11.5 Å². The Bertz CT molecular complexity index is 1980. The number of phenols is 1. The van der Waals surface area contributed by atoms with Gasteiger partial charge in [-0.2, -0.15) is 0 Å². The van der Waals surface area contributed by atoms with Crippen LogP contribution in [-0.2, 0) is 38.0 Å². The highest BCUT2D eigenvalue weighted by atomic mass is 16.7. The summed E-state index contributed by atoms with van der Waals surface area (Å²) in [4.78, 5) is 28.0. The maximum absolute atomic E-state index is 13.3. The summed E-state index contributed by atoms with van der Waals surface area (Å²) in [7, 11) is 7.81. The van der Waals surface area contributed by atoms with Crippen molar-refractivity contribution in [2.75, 3.05) is 53.5 Å². The van der Waals surface area contributed by atoms with Gasteiger partial charge in [0, 0.05) is 33.9 Å². The van der Waals surface area contributed by atoms with Crippen LogP contribution < -0.4 is 15.0 Å². The third kappa shape index (κ3) is 8.41. The van der Waals surface area contributed by atoms with Crippen LogP contribution in [0, 0.1) is 0 Å². The van der Waals surface area contributed by atoms with E-state index in [1.54, 1.807) is 25.9 Å². The topological polar surface area (TPSA) is 271 Å². The molecule has 6 rings (SSSR count). The van der Waals surface area contributed by atoms with Crippen molar-refractivity contribution in [3.05, 3.63) is 53.5 Å². The number of aliphatic hydroxyl groups excluding tert-OH is 5. The van der Waals surface area contributed by atoms with Crippen molar-refractivity contribution < 1.29 is 73.3 Å². The van der Waals surface area contributed by atoms with Gasteiger partial charge in [-0.05, 0) is 37.6 Å². The van der Waals surface area contributed by atoms with E-state index in [1.165, 1.54) is 69.7 Å². The second-order valence-electron chi connectivity index (χ2n) is 14.2. The van der Waals surface area contributed by atoms with Gasteiger partial charge in [0.1, 0.15) is 49.6 Å². The van der Waals surface area contributed by atoms with Crippen LogP contribution in [0.5, 0.6) is 11.5 Å². The zero-order chi connectivity index (χ0) is 42.0. The number of imidazole rings is 1. The molecular formula is C37H50N6O15. The highest BCUT2D eigenvalue weighted by Crippen LogP contribution is 2.36. The SMILES string of the molecule is COC(COC1OC(C)C(OC)C(OC)C1O)=C1OC(Oc2ccc(C=C(C)C(=O)NC3C(CO)OC(n4cnc5c(N(C)C)ncnc54)C3O)cc2O)C(O)C1O. The van der Waals surface area contributed by atoms with Gasteiger partial charge in [0.25, 0.3) is 6.29 Å². The number of carbonyl (C=O) groups is 1. The molecule has 21 nitrogen and oxygen atoms in total. The van der Waals surface area contributed by atoms with Crippen LogP contribution >= 0.6 is 0 Å². The number of phenolic OH excluding ortho intramolecular Hbond substituents is 1. The minimum atomic E-state index is -1.62. The summed E-state index contributed by atoms with van der Waals surface area (Å²) >= 11 is 0. The summed E-state index contributed by atoms with van der Waals surface area (Å²) in [6.07, 6.45) is -7.89. The first-order chi connectivity index (χ1) is 27.7. The van der Waals surface area contributed by atoms with E-state index in [-0.39, 0.29) is 35.2 Å². The molecule has 0 spiro atoms. The van der Waals surface area contributed by atoms with Gasteiger partial charge >= 0.3 is 0 Å². The summed E-state index contributed by atoms with van der Waals surface area (Å²) in [5.74, 6) is -0.735. The number of hydrogen-bond donors (Lipinski definition) is 7. The molecule has 5 heterocycles. The Morgan fingerprint density at radius 3 is 2.40 bits per heavy atom. The van der Waals surface area contributed by atoms with Gasteiger partial charge in [0.2, 0.25) is 5.91 Å². The minimum Gasteiger partial charge on any atom is -0.504 e. The van der Waals surface area contributed by atoms with E-state index in [1.807, 2.05) is 0 Å². The van der Waals surface area contributed by atoms with Gasteiger partial charge in [-0.15, -0.1) is 0 Å². The Hall–Kier alpha value is -4.68. The molecule has 3 saturated heterocycles. The summed E-state index contributed by atoms with van der Waals surface area (Å²) in [6.45, 7) is 2.42. The molecule has 3 aliphatic heterocycles. The molecule has 3 fully saturated rings. The van der Waals surface area contributed by atoms with Crippen LogP contribution in [0.4, 0.5) is 5.82 Å². The van der Waals surface area contributed by atoms with Gasteiger partial charge < -0.3 is 78.8 Å². The van der Waals surface area contributed by atoms with Crippen molar-refractivity contribution in [1.82, 2.24) is 24.8 Å². The molecule has 2 aromatic heterocycles. The Labute approximate surface area is 332 Å². The average Bonchev–Trinajstić information content (AvgIpc) is 3.86. The number of benzene rings is 1. The van der Waals surface area contributed by atoms with Crippen LogP contribution in [0.1, 0.15) is 25.6 Å². The van der Waals surface area contributed by atoms with Crippen LogP contribution in [0.15, 0.2) is 47.9 Å². The molecule has 1 amide bonds. The maximum Gasteiger partial charge on any atom is 0.269 e. The lowest BCUT2D eigenvalue weighted by Crippen LogP contribution is -2.58. The first-order valence-electron chi connectivity index (χ1n) is 18.3. The fourth-order valence-corrected chi connectivity index (χ4v) is 7.09. The number of rotatable bonds is 14. The monoisotopic (exact) mass is 818 g/mol. The zero-order valence-electron chi connectivity index (χ0n) is 32.9. The van der Waals surface area contributed by atoms with Gasteiger partial charge in [-0.25, -0.2) is 15.0 Å². The molecule has 12 unspecified atom stereocenters. The number of ether oxygens (including phenoxy) is 8. The number of nitrogens with zero attached hydrogens (tertiary/aromatic N) is 5. The zero-order valence-corrected chi connectivity index (χ0v) is 32.9. The summed E-state index contributed by atoms with van der Waals surface area (Å²) in [5.41, 5.74) is 1.45. The molecule has 3 aliphatic rings. The second kappa shape index (κ2) is 18.1. The molecule has 3 aromatic rings. The highest BCUT2D eigenvalue weighted by molar-refractivity contribution is 5.97. The number of carbonyl (C=O) groups excluding carboxylic acids is 1. The molecule has 0 bridgehead atoms. The first-order valence-corrected chi connectivity index (χ1v) is 18.3. The van der Waals surface area contributed by atoms with E-state index in [4.69, 9.17) is 37.9 Å². The molecule has 318 valence electrons. The van der Waals surface area contributed by atoms with Crippen molar-refractivity contribution in [3.63, 3.8) is 0 Å². The summed E-state index contributed by atoms with van der Waals surface area (Å²) in [6, 6.07) is 3.20. The van der Waals surface area contributed by atoms with Gasteiger partial charge in [0.05, 0.1) is 32.2 Å². The van der Waals surface area contributed by atoms with Crippen molar-refractivity contribution in [1.29, 1.82) is 0 Å². The van der Waals surface area contributed by atoms with E-state index >= 15 is 0 Å². The lowest BCUT2D eigenvalue weighted by Gasteiger charge is -2.42. The van der Waals surface area contributed by atoms with Crippen LogP contribution in [-0.4, -0.2) is 172 Å². The number of methoxy groups -OCH3 is 3. The Kier molecular flexibility index (Phi) is 13.4. The molecule has 1 aromatic carbocycles. The molecule has 7 N–H and O–H groups in total. The lowest BCUT2D eigenvalue weighted by molar-refractivity contribution is -0.299. The Morgan fingerprint density at radius 1 is 1.00 bits per heavy atom. The summed E-state index contributed by atoms with van der Waals surface area (Å²) < 4.78 is 46.6. The maximum atomic E-state index is 13.3. The van der Waals surface area contributed by atoms with Gasteiger partial charge in [0.15, 0.2) is 58.6 Å². The number of fused-ring (bicyclic) bond motifs is 1. The first kappa shape index (κ1) is 42.9. The molecule has 0 aliphatic carbocycles. The molecule has 0 saturated carbocycles. The number of aromatic hydroxyl groups is 1. The molecular weight excluding hydrogens is 768 g/mol. The van der Waals surface area contributed by atoms with Crippen LogP contribution in [0.25, 0.3) is 17.2 Å². The third-order valence-corrected chi connectivity index (χ3v) is 10.2. The number of nitrogens with one attached hydrogen (secondary N) is 1. The van der Waals surface area contributed by atoms with Crippen molar-refractivity contribution in [2.45, 2.75) is 87.5 Å². The molecule has 12 atom stereocenters. The van der Waals surface area contributed by atoms with Gasteiger partial charge in [-0.1, -0.05) is 6.07 Å². The van der Waals surface area contributed by atoms with Crippen molar-refractivity contribution >= 4 is 29.0 Å². The predicted molar refractivity (Wildman–Crippen MR) is 200 cm³/mol. The molecule has 58 heavy (non-hydrogen) atoms. The summed E-state index contributed by atoms with van der Waals surface area (Å²) in [5, 5.41) is 67.3. The van der Waals surface area contributed by atoms with E-state index in [0.29, 0.717) is 22.5 Å².